The highest BCUT2D eigenvalue weighted by Crippen LogP contribution is 2.25. The van der Waals surface area contributed by atoms with Crippen LogP contribution in [-0.2, 0) is 4.74 Å². The third-order valence-corrected chi connectivity index (χ3v) is 4.36. The van der Waals surface area contributed by atoms with E-state index in [2.05, 4.69) is 45.0 Å². The maximum atomic E-state index is 5.45. The number of nitrogens with one attached hydrogen (secondary N) is 1. The van der Waals surface area contributed by atoms with E-state index in [1.54, 1.807) is 0 Å². The van der Waals surface area contributed by atoms with Crippen molar-refractivity contribution in [2.45, 2.75) is 52.1 Å². The smallest absolute Gasteiger partial charge is 0.0594 e. The van der Waals surface area contributed by atoms with Crippen molar-refractivity contribution in [1.29, 1.82) is 0 Å². The average Bonchev–Trinajstić information content (AvgIpc) is 2.36. The Labute approximate surface area is 107 Å². The molecule has 3 nitrogen and oxygen atoms in total. The van der Waals surface area contributed by atoms with Gasteiger partial charge < -0.3 is 10.1 Å². The fourth-order valence-electron chi connectivity index (χ4n) is 2.69. The van der Waals surface area contributed by atoms with Crippen LogP contribution < -0.4 is 5.32 Å². The summed E-state index contributed by atoms with van der Waals surface area (Å²) in [7, 11) is 2.09. The summed E-state index contributed by atoms with van der Waals surface area (Å²) in [6.45, 7) is 13.2. The van der Waals surface area contributed by atoms with Gasteiger partial charge in [-0.15, -0.1) is 0 Å². The second-order valence-corrected chi connectivity index (χ2v) is 5.84. The second kappa shape index (κ2) is 6.72. The molecule has 1 saturated heterocycles. The zero-order valence-electron chi connectivity index (χ0n) is 12.3. The summed E-state index contributed by atoms with van der Waals surface area (Å²) in [5.41, 5.74) is 0.210. The van der Waals surface area contributed by atoms with Crippen molar-refractivity contribution >= 4 is 0 Å². The van der Waals surface area contributed by atoms with Crippen molar-refractivity contribution < 1.29 is 4.74 Å². The maximum Gasteiger partial charge on any atom is 0.0594 e. The first-order valence-electron chi connectivity index (χ1n) is 7.02. The first kappa shape index (κ1) is 14.9. The molecule has 0 amide bonds. The van der Waals surface area contributed by atoms with Crippen LogP contribution in [-0.4, -0.2) is 49.8 Å². The van der Waals surface area contributed by atoms with Crippen LogP contribution in [0.5, 0.6) is 0 Å². The zero-order valence-corrected chi connectivity index (χ0v) is 12.3. The van der Waals surface area contributed by atoms with Crippen LogP contribution in [0.15, 0.2) is 0 Å². The van der Waals surface area contributed by atoms with Crippen molar-refractivity contribution in [3.63, 3.8) is 0 Å². The van der Waals surface area contributed by atoms with Crippen molar-refractivity contribution in [2.75, 3.05) is 33.4 Å². The number of hydrogen-bond acceptors (Lipinski definition) is 3. The molecule has 0 bridgehead atoms. The van der Waals surface area contributed by atoms with Gasteiger partial charge in [0.15, 0.2) is 0 Å². The summed E-state index contributed by atoms with van der Waals surface area (Å²) in [5, 5.41) is 3.52. The molecule has 0 aliphatic carbocycles. The van der Waals surface area contributed by atoms with E-state index in [1.165, 1.54) is 12.8 Å². The standard InChI is InChI=1S/C14H30N2O/c1-6-12(2)11-13(15-5)14(3,4)16-7-9-17-10-8-16/h12-13,15H,6-11H2,1-5H3. The highest BCUT2D eigenvalue weighted by molar-refractivity contribution is 4.94. The molecule has 2 atom stereocenters. The molecular formula is C14H30N2O. The molecule has 1 rings (SSSR count). The molecule has 0 aromatic carbocycles. The van der Waals surface area contributed by atoms with Gasteiger partial charge in [0.1, 0.15) is 0 Å². The van der Waals surface area contributed by atoms with Gasteiger partial charge in [0, 0.05) is 24.7 Å². The average molecular weight is 242 g/mol. The number of rotatable bonds is 6. The zero-order chi connectivity index (χ0) is 12.9. The largest absolute Gasteiger partial charge is 0.379 e. The Morgan fingerprint density at radius 3 is 2.35 bits per heavy atom. The molecule has 1 aliphatic rings. The Kier molecular flexibility index (Phi) is 5.90. The predicted octanol–water partition coefficient (Wildman–Crippen LogP) is 2.12. The Morgan fingerprint density at radius 1 is 1.29 bits per heavy atom. The highest BCUT2D eigenvalue weighted by Gasteiger charge is 2.35. The maximum absolute atomic E-state index is 5.45. The van der Waals surface area contributed by atoms with Gasteiger partial charge in [0.05, 0.1) is 13.2 Å². The van der Waals surface area contributed by atoms with Crippen molar-refractivity contribution in [2.24, 2.45) is 5.92 Å². The molecule has 0 spiro atoms. The predicted molar refractivity (Wildman–Crippen MR) is 73.4 cm³/mol. The van der Waals surface area contributed by atoms with Crippen LogP contribution in [0.2, 0.25) is 0 Å². The fraction of sp³-hybridized carbons (Fsp3) is 1.00. The van der Waals surface area contributed by atoms with Gasteiger partial charge in [-0.05, 0) is 33.2 Å². The van der Waals surface area contributed by atoms with Crippen LogP contribution in [0.3, 0.4) is 0 Å². The number of nitrogens with zero attached hydrogens (tertiary/aromatic N) is 1. The van der Waals surface area contributed by atoms with Crippen molar-refractivity contribution in [3.05, 3.63) is 0 Å². The van der Waals surface area contributed by atoms with E-state index in [-0.39, 0.29) is 5.54 Å². The lowest BCUT2D eigenvalue weighted by atomic mass is 9.85. The molecule has 0 saturated carbocycles. The highest BCUT2D eigenvalue weighted by atomic mass is 16.5. The van der Waals surface area contributed by atoms with Gasteiger partial charge in [-0.25, -0.2) is 0 Å². The molecule has 3 heteroatoms. The van der Waals surface area contributed by atoms with Crippen LogP contribution in [0.25, 0.3) is 0 Å². The summed E-state index contributed by atoms with van der Waals surface area (Å²) in [5.74, 6) is 0.785. The molecule has 1 aliphatic heterocycles. The SMILES string of the molecule is CCC(C)CC(NC)C(C)(C)N1CCOCC1. The summed E-state index contributed by atoms with van der Waals surface area (Å²) in [4.78, 5) is 2.57. The van der Waals surface area contributed by atoms with Crippen LogP contribution in [0.1, 0.15) is 40.5 Å². The lowest BCUT2D eigenvalue weighted by molar-refractivity contribution is -0.0251. The van der Waals surface area contributed by atoms with E-state index >= 15 is 0 Å². The van der Waals surface area contributed by atoms with E-state index in [1.807, 2.05) is 0 Å². The Hall–Kier alpha value is -0.120. The number of ether oxygens (including phenoxy) is 1. The Bertz CT molecular complexity index is 212. The second-order valence-electron chi connectivity index (χ2n) is 5.84. The molecule has 102 valence electrons. The third-order valence-electron chi connectivity index (χ3n) is 4.36. The van der Waals surface area contributed by atoms with Gasteiger partial charge >= 0.3 is 0 Å². The van der Waals surface area contributed by atoms with Crippen LogP contribution in [0.4, 0.5) is 0 Å². The van der Waals surface area contributed by atoms with Gasteiger partial charge in [0.25, 0.3) is 0 Å². The summed E-state index contributed by atoms with van der Waals surface area (Å²) >= 11 is 0. The first-order valence-corrected chi connectivity index (χ1v) is 7.02. The minimum atomic E-state index is 0.210. The molecule has 2 unspecified atom stereocenters. The number of hydrogen-bond donors (Lipinski definition) is 1. The molecular weight excluding hydrogens is 212 g/mol. The van der Waals surface area contributed by atoms with Gasteiger partial charge in [0.2, 0.25) is 0 Å². The lowest BCUT2D eigenvalue weighted by Gasteiger charge is -2.46. The summed E-state index contributed by atoms with van der Waals surface area (Å²) < 4.78 is 5.45. The van der Waals surface area contributed by atoms with Crippen LogP contribution in [0, 0.1) is 5.92 Å². The Morgan fingerprint density at radius 2 is 1.88 bits per heavy atom. The topological polar surface area (TPSA) is 24.5 Å². The van der Waals surface area contributed by atoms with Gasteiger partial charge in [-0.1, -0.05) is 20.3 Å². The third kappa shape index (κ3) is 3.94. The molecule has 1 N–H and O–H groups in total. The quantitative estimate of drug-likeness (QED) is 0.772. The molecule has 0 radical (unpaired) electrons. The Balaban J connectivity index is 2.62. The molecule has 1 fully saturated rings. The van der Waals surface area contributed by atoms with Crippen molar-refractivity contribution in [3.8, 4) is 0 Å². The van der Waals surface area contributed by atoms with Gasteiger partial charge in [-0.3, -0.25) is 4.90 Å². The number of likely N-dealkylation sites (N-methyl/N-ethyl adjacent to an activating group) is 1. The molecule has 1 heterocycles. The molecule has 0 aromatic rings. The summed E-state index contributed by atoms with van der Waals surface area (Å²) in [6, 6.07) is 0.551. The molecule has 0 aromatic heterocycles. The van der Waals surface area contributed by atoms with E-state index in [0.29, 0.717) is 6.04 Å². The monoisotopic (exact) mass is 242 g/mol. The minimum absolute atomic E-state index is 0.210. The lowest BCUT2D eigenvalue weighted by Crippen LogP contribution is -2.60. The minimum Gasteiger partial charge on any atom is -0.379 e. The van der Waals surface area contributed by atoms with Gasteiger partial charge in [-0.2, -0.15) is 0 Å². The number of morpholine rings is 1. The first-order chi connectivity index (χ1) is 8.02. The normalized spacial score (nSPS) is 22.4. The fourth-order valence-corrected chi connectivity index (χ4v) is 2.69. The van der Waals surface area contributed by atoms with E-state index in [0.717, 1.165) is 32.2 Å². The molecule has 17 heavy (non-hydrogen) atoms. The van der Waals surface area contributed by atoms with E-state index < -0.39 is 0 Å². The van der Waals surface area contributed by atoms with E-state index in [9.17, 15) is 0 Å². The van der Waals surface area contributed by atoms with Crippen LogP contribution >= 0.6 is 0 Å². The summed E-state index contributed by atoms with van der Waals surface area (Å²) in [6.07, 6.45) is 2.51. The van der Waals surface area contributed by atoms with E-state index in [4.69, 9.17) is 4.74 Å². The van der Waals surface area contributed by atoms with Crippen molar-refractivity contribution in [1.82, 2.24) is 10.2 Å².